The summed E-state index contributed by atoms with van der Waals surface area (Å²) in [5, 5.41) is 2.88. The van der Waals surface area contributed by atoms with E-state index in [9.17, 15) is 13.2 Å². The quantitative estimate of drug-likeness (QED) is 0.383. The van der Waals surface area contributed by atoms with Gasteiger partial charge in [-0.3, -0.25) is 9.10 Å². The second-order valence-electron chi connectivity index (χ2n) is 8.65. The van der Waals surface area contributed by atoms with E-state index in [4.69, 9.17) is 4.74 Å². The second kappa shape index (κ2) is 11.9. The molecule has 0 aliphatic rings. The molecule has 1 amide bonds. The van der Waals surface area contributed by atoms with Gasteiger partial charge in [-0.15, -0.1) is 0 Å². The normalized spacial score (nSPS) is 11.2. The van der Waals surface area contributed by atoms with Gasteiger partial charge in [-0.2, -0.15) is 0 Å². The number of nitrogens with zero attached hydrogens (tertiary/aromatic N) is 1. The van der Waals surface area contributed by atoms with Crippen LogP contribution < -0.4 is 14.4 Å². The average molecular weight is 495 g/mol. The van der Waals surface area contributed by atoms with Gasteiger partial charge in [0.2, 0.25) is 5.91 Å². The molecule has 0 unspecified atom stereocenters. The third-order valence-electron chi connectivity index (χ3n) is 5.72. The predicted octanol–water partition coefficient (Wildman–Crippen LogP) is 4.95. The van der Waals surface area contributed by atoms with E-state index in [1.54, 1.807) is 30.3 Å². The number of amides is 1. The van der Waals surface area contributed by atoms with Gasteiger partial charge in [-0.1, -0.05) is 47.5 Å². The van der Waals surface area contributed by atoms with Crippen LogP contribution in [0.3, 0.4) is 0 Å². The van der Waals surface area contributed by atoms with Crippen LogP contribution in [0.2, 0.25) is 0 Å². The number of sulfonamides is 1. The Morgan fingerprint density at radius 2 is 1.57 bits per heavy atom. The monoisotopic (exact) mass is 494 g/mol. The highest BCUT2D eigenvalue weighted by Crippen LogP contribution is 2.27. The largest absolute Gasteiger partial charge is 0.494 e. The Balaban J connectivity index is 1.69. The standard InChI is InChI=1S/C28H34N2O4S/c1-5-34-25-13-11-24(12-14-25)7-6-18-29-28(31)20-30(27-17-10-22(3)19-23(27)4)35(32,33)26-15-8-21(2)9-16-26/h8-17,19H,5-7,18,20H2,1-4H3,(H,29,31). The summed E-state index contributed by atoms with van der Waals surface area (Å²) >= 11 is 0. The summed E-state index contributed by atoms with van der Waals surface area (Å²) in [5.74, 6) is 0.498. The first kappa shape index (κ1) is 26.3. The fourth-order valence-electron chi connectivity index (χ4n) is 3.85. The SMILES string of the molecule is CCOc1ccc(CCCNC(=O)CN(c2ccc(C)cc2C)S(=O)(=O)c2ccc(C)cc2)cc1. The van der Waals surface area contributed by atoms with Gasteiger partial charge in [0.15, 0.2) is 0 Å². The van der Waals surface area contributed by atoms with Gasteiger partial charge >= 0.3 is 0 Å². The molecule has 1 N–H and O–H groups in total. The fraction of sp³-hybridized carbons (Fsp3) is 0.321. The summed E-state index contributed by atoms with van der Waals surface area (Å²) in [6.07, 6.45) is 1.54. The molecule has 0 radical (unpaired) electrons. The number of nitrogens with one attached hydrogen (secondary N) is 1. The van der Waals surface area contributed by atoms with Gasteiger partial charge in [0.1, 0.15) is 12.3 Å². The maximum Gasteiger partial charge on any atom is 0.264 e. The third kappa shape index (κ3) is 7.09. The molecule has 0 aromatic heterocycles. The van der Waals surface area contributed by atoms with Gasteiger partial charge in [0.25, 0.3) is 10.0 Å². The molecular formula is C28H34N2O4S. The predicted molar refractivity (Wildman–Crippen MR) is 141 cm³/mol. The van der Waals surface area contributed by atoms with Crippen molar-refractivity contribution in [3.63, 3.8) is 0 Å². The van der Waals surface area contributed by atoms with Crippen molar-refractivity contribution < 1.29 is 17.9 Å². The minimum absolute atomic E-state index is 0.159. The van der Waals surface area contributed by atoms with E-state index in [1.807, 2.05) is 64.1 Å². The summed E-state index contributed by atoms with van der Waals surface area (Å²) in [7, 11) is -3.92. The highest BCUT2D eigenvalue weighted by molar-refractivity contribution is 7.92. The lowest BCUT2D eigenvalue weighted by Crippen LogP contribution is -2.41. The first-order valence-corrected chi connectivity index (χ1v) is 13.3. The maximum absolute atomic E-state index is 13.5. The van der Waals surface area contributed by atoms with Gasteiger partial charge in [-0.05, 0) is 82.0 Å². The second-order valence-corrected chi connectivity index (χ2v) is 10.5. The zero-order chi connectivity index (χ0) is 25.4. The van der Waals surface area contributed by atoms with E-state index in [0.29, 0.717) is 18.8 Å². The molecule has 3 aromatic rings. The highest BCUT2D eigenvalue weighted by Gasteiger charge is 2.28. The molecule has 6 nitrogen and oxygen atoms in total. The fourth-order valence-corrected chi connectivity index (χ4v) is 5.33. The van der Waals surface area contributed by atoms with Crippen molar-refractivity contribution in [2.75, 3.05) is 24.0 Å². The topological polar surface area (TPSA) is 75.7 Å². The summed E-state index contributed by atoms with van der Waals surface area (Å²) in [6, 6.07) is 20.1. The maximum atomic E-state index is 13.5. The molecular weight excluding hydrogens is 460 g/mol. The molecule has 0 fully saturated rings. The number of anilines is 1. The molecule has 0 heterocycles. The third-order valence-corrected chi connectivity index (χ3v) is 7.49. The Labute approximate surface area is 209 Å². The van der Waals surface area contributed by atoms with E-state index in [-0.39, 0.29) is 17.3 Å². The number of aryl methyl sites for hydroxylation is 4. The van der Waals surface area contributed by atoms with Crippen LogP contribution >= 0.6 is 0 Å². The zero-order valence-electron chi connectivity index (χ0n) is 20.9. The van der Waals surface area contributed by atoms with Gasteiger partial charge in [0, 0.05) is 6.54 Å². The van der Waals surface area contributed by atoms with Crippen LogP contribution in [-0.2, 0) is 21.2 Å². The molecule has 0 aliphatic carbocycles. The van der Waals surface area contributed by atoms with Crippen molar-refractivity contribution in [1.82, 2.24) is 5.32 Å². The summed E-state index contributed by atoms with van der Waals surface area (Å²) < 4.78 is 33.7. The van der Waals surface area contributed by atoms with Crippen LogP contribution in [0.1, 0.15) is 35.6 Å². The van der Waals surface area contributed by atoms with Crippen LogP contribution in [0, 0.1) is 20.8 Å². The van der Waals surface area contributed by atoms with Crippen molar-refractivity contribution in [1.29, 1.82) is 0 Å². The average Bonchev–Trinajstić information content (AvgIpc) is 2.82. The number of carbonyl (C=O) groups excluding carboxylic acids is 1. The number of rotatable bonds is 11. The van der Waals surface area contributed by atoms with Gasteiger partial charge in [-0.25, -0.2) is 8.42 Å². The number of hydrogen-bond acceptors (Lipinski definition) is 4. The van der Waals surface area contributed by atoms with Gasteiger partial charge < -0.3 is 10.1 Å². The Morgan fingerprint density at radius 3 is 2.20 bits per heavy atom. The van der Waals surface area contributed by atoms with Gasteiger partial charge in [0.05, 0.1) is 17.2 Å². The zero-order valence-corrected chi connectivity index (χ0v) is 21.7. The number of carbonyl (C=O) groups is 1. The lowest BCUT2D eigenvalue weighted by Gasteiger charge is -2.26. The van der Waals surface area contributed by atoms with Crippen LogP contribution in [0.15, 0.2) is 71.6 Å². The first-order valence-electron chi connectivity index (χ1n) is 11.9. The summed E-state index contributed by atoms with van der Waals surface area (Å²) in [6.45, 7) is 8.45. The molecule has 0 bridgehead atoms. The smallest absolute Gasteiger partial charge is 0.264 e. The Morgan fingerprint density at radius 1 is 0.914 bits per heavy atom. The van der Waals surface area contributed by atoms with Crippen LogP contribution in [0.25, 0.3) is 0 Å². The van der Waals surface area contributed by atoms with E-state index in [2.05, 4.69) is 5.32 Å². The number of benzene rings is 3. The number of hydrogen-bond donors (Lipinski definition) is 1. The first-order chi connectivity index (χ1) is 16.7. The Hall–Kier alpha value is -3.32. The molecule has 35 heavy (non-hydrogen) atoms. The molecule has 0 saturated carbocycles. The van der Waals surface area contributed by atoms with Crippen molar-refractivity contribution in [3.05, 3.63) is 89.0 Å². The van der Waals surface area contributed by atoms with Crippen LogP contribution in [0.4, 0.5) is 5.69 Å². The summed E-state index contributed by atoms with van der Waals surface area (Å²) in [5.41, 5.74) is 4.44. The van der Waals surface area contributed by atoms with E-state index >= 15 is 0 Å². The van der Waals surface area contributed by atoms with Crippen LogP contribution in [-0.4, -0.2) is 34.0 Å². The molecule has 3 aromatic carbocycles. The Bertz CT molecular complexity index is 1240. The molecule has 7 heteroatoms. The lowest BCUT2D eigenvalue weighted by atomic mass is 10.1. The Kier molecular flexibility index (Phi) is 8.93. The van der Waals surface area contributed by atoms with Crippen molar-refractivity contribution in [2.24, 2.45) is 0 Å². The molecule has 0 atom stereocenters. The van der Waals surface area contributed by atoms with E-state index in [1.165, 1.54) is 4.31 Å². The molecule has 3 rings (SSSR count). The van der Waals surface area contributed by atoms with E-state index in [0.717, 1.165) is 40.8 Å². The van der Waals surface area contributed by atoms with E-state index < -0.39 is 10.0 Å². The molecule has 186 valence electrons. The van der Waals surface area contributed by atoms with Crippen molar-refractivity contribution in [3.8, 4) is 5.75 Å². The number of ether oxygens (including phenoxy) is 1. The van der Waals surface area contributed by atoms with Crippen molar-refractivity contribution in [2.45, 2.75) is 45.4 Å². The molecule has 0 aliphatic heterocycles. The van der Waals surface area contributed by atoms with Crippen LogP contribution in [0.5, 0.6) is 5.75 Å². The lowest BCUT2D eigenvalue weighted by molar-refractivity contribution is -0.119. The summed E-state index contributed by atoms with van der Waals surface area (Å²) in [4.78, 5) is 13.0. The minimum atomic E-state index is -3.92. The molecule has 0 saturated heterocycles. The molecule has 0 spiro atoms. The minimum Gasteiger partial charge on any atom is -0.494 e. The van der Waals surface area contributed by atoms with Crippen molar-refractivity contribution >= 4 is 21.6 Å². The highest BCUT2D eigenvalue weighted by atomic mass is 32.2.